The van der Waals surface area contributed by atoms with Crippen LogP contribution in [0.15, 0.2) is 30.7 Å². The first-order chi connectivity index (χ1) is 8.33. The van der Waals surface area contributed by atoms with Crippen LogP contribution >= 0.6 is 0 Å². The van der Waals surface area contributed by atoms with Crippen molar-refractivity contribution in [2.24, 2.45) is 0 Å². The van der Waals surface area contributed by atoms with Crippen LogP contribution in [0.4, 0.5) is 0 Å². The lowest BCUT2D eigenvalue weighted by molar-refractivity contribution is 0.174. The molecule has 2 aromatic rings. The van der Waals surface area contributed by atoms with E-state index in [1.54, 1.807) is 6.33 Å². The summed E-state index contributed by atoms with van der Waals surface area (Å²) >= 11 is 0. The Hall–Kier alpha value is -1.97. The maximum absolute atomic E-state index is 5.38. The minimum absolute atomic E-state index is 0.327. The Kier molecular flexibility index (Phi) is 2.48. The van der Waals surface area contributed by atoms with Crippen LogP contribution in [0.3, 0.4) is 0 Å². The number of aromatic nitrogens is 2. The van der Waals surface area contributed by atoms with Crippen LogP contribution in [0.1, 0.15) is 24.1 Å². The minimum Gasteiger partial charge on any atom is -0.454 e. The smallest absolute Gasteiger partial charge is 0.231 e. The number of H-pyrrole nitrogens is 1. The van der Waals surface area contributed by atoms with Crippen molar-refractivity contribution in [3.8, 4) is 11.5 Å². The molecule has 1 aromatic carbocycles. The molecule has 3 rings (SSSR count). The van der Waals surface area contributed by atoms with E-state index in [1.165, 1.54) is 5.56 Å². The van der Waals surface area contributed by atoms with Gasteiger partial charge in [0.25, 0.3) is 0 Å². The van der Waals surface area contributed by atoms with Gasteiger partial charge in [0.1, 0.15) is 0 Å². The van der Waals surface area contributed by atoms with Gasteiger partial charge in [0.05, 0.1) is 6.33 Å². The van der Waals surface area contributed by atoms with Gasteiger partial charge in [-0.3, -0.25) is 0 Å². The highest BCUT2D eigenvalue weighted by Crippen LogP contribution is 2.35. The molecule has 1 aliphatic heterocycles. The van der Waals surface area contributed by atoms with Crippen LogP contribution in [-0.2, 0) is 6.42 Å². The second kappa shape index (κ2) is 4.13. The average Bonchev–Trinajstić information content (AvgIpc) is 2.97. The largest absolute Gasteiger partial charge is 0.454 e. The molecule has 0 bridgehead atoms. The summed E-state index contributed by atoms with van der Waals surface area (Å²) in [6.45, 7) is 2.52. The highest BCUT2D eigenvalue weighted by molar-refractivity contribution is 5.45. The van der Waals surface area contributed by atoms with E-state index in [9.17, 15) is 0 Å². The lowest BCUT2D eigenvalue weighted by Crippen LogP contribution is -1.98. The fourth-order valence-electron chi connectivity index (χ4n) is 2.06. The third-order valence-corrected chi connectivity index (χ3v) is 3.05. The van der Waals surface area contributed by atoms with Crippen LogP contribution < -0.4 is 9.47 Å². The summed E-state index contributed by atoms with van der Waals surface area (Å²) in [5.74, 6) is 2.10. The minimum atomic E-state index is 0.327. The van der Waals surface area contributed by atoms with Gasteiger partial charge in [-0.15, -0.1) is 0 Å². The van der Waals surface area contributed by atoms with Crippen molar-refractivity contribution in [3.63, 3.8) is 0 Å². The van der Waals surface area contributed by atoms with E-state index in [4.69, 9.17) is 9.47 Å². The molecule has 0 radical (unpaired) electrons. The molecular formula is C13H14N2O2. The third-order valence-electron chi connectivity index (χ3n) is 3.05. The lowest BCUT2D eigenvalue weighted by atomic mass is 9.96. The van der Waals surface area contributed by atoms with E-state index in [-0.39, 0.29) is 0 Å². The Labute approximate surface area is 99.6 Å². The number of aromatic amines is 1. The predicted octanol–water partition coefficient (Wildman–Crippen LogP) is 2.48. The van der Waals surface area contributed by atoms with Crippen molar-refractivity contribution >= 4 is 0 Å². The topological polar surface area (TPSA) is 47.1 Å². The van der Waals surface area contributed by atoms with Crippen LogP contribution in [0.2, 0.25) is 0 Å². The quantitative estimate of drug-likeness (QED) is 0.881. The van der Waals surface area contributed by atoms with E-state index in [0.717, 1.165) is 23.6 Å². The third kappa shape index (κ3) is 1.98. The zero-order valence-electron chi connectivity index (χ0n) is 9.64. The van der Waals surface area contributed by atoms with Crippen molar-refractivity contribution in [1.82, 2.24) is 9.97 Å². The van der Waals surface area contributed by atoms with Gasteiger partial charge in [-0.05, 0) is 30.0 Å². The molecule has 0 amide bonds. The molecule has 1 unspecified atom stereocenters. The molecule has 88 valence electrons. The number of hydrogen-bond acceptors (Lipinski definition) is 3. The van der Waals surface area contributed by atoms with Gasteiger partial charge in [0.2, 0.25) is 6.79 Å². The Morgan fingerprint density at radius 3 is 3.06 bits per heavy atom. The molecule has 1 aliphatic rings. The fourth-order valence-corrected chi connectivity index (χ4v) is 2.06. The monoisotopic (exact) mass is 230 g/mol. The number of hydrogen-bond donors (Lipinski definition) is 1. The molecular weight excluding hydrogens is 216 g/mol. The van der Waals surface area contributed by atoms with E-state index < -0.39 is 0 Å². The molecule has 0 spiro atoms. The summed E-state index contributed by atoms with van der Waals surface area (Å²) in [4.78, 5) is 7.15. The Balaban J connectivity index is 1.79. The molecule has 1 aromatic heterocycles. The maximum atomic E-state index is 5.38. The first-order valence-corrected chi connectivity index (χ1v) is 5.70. The summed E-state index contributed by atoms with van der Waals surface area (Å²) < 4.78 is 10.7. The number of ether oxygens (including phenoxy) is 2. The van der Waals surface area contributed by atoms with Gasteiger partial charge in [0, 0.05) is 11.9 Å². The van der Waals surface area contributed by atoms with Gasteiger partial charge in [0.15, 0.2) is 11.5 Å². The van der Waals surface area contributed by atoms with E-state index in [0.29, 0.717) is 12.7 Å². The molecule has 1 N–H and O–H groups in total. The molecule has 4 heteroatoms. The van der Waals surface area contributed by atoms with E-state index in [1.807, 2.05) is 12.3 Å². The van der Waals surface area contributed by atoms with Gasteiger partial charge in [-0.25, -0.2) is 4.98 Å². The van der Waals surface area contributed by atoms with Crippen LogP contribution in [-0.4, -0.2) is 16.8 Å². The van der Waals surface area contributed by atoms with Gasteiger partial charge >= 0.3 is 0 Å². The zero-order chi connectivity index (χ0) is 11.7. The lowest BCUT2D eigenvalue weighted by Gasteiger charge is -2.11. The molecule has 0 aliphatic carbocycles. The Bertz CT molecular complexity index is 508. The van der Waals surface area contributed by atoms with Gasteiger partial charge < -0.3 is 14.5 Å². The summed E-state index contributed by atoms with van der Waals surface area (Å²) in [5, 5.41) is 0. The number of fused-ring (bicyclic) bond motifs is 1. The molecule has 0 fully saturated rings. The molecule has 2 heterocycles. The standard InChI is InChI=1S/C13H14N2O2/c1-9(4-11-6-14-7-15-11)10-2-3-12-13(5-10)17-8-16-12/h2-3,5-7,9H,4,8H2,1H3,(H,14,15). The first kappa shape index (κ1) is 10.2. The van der Waals surface area contributed by atoms with Crippen LogP contribution in [0.5, 0.6) is 11.5 Å². The molecule has 0 saturated carbocycles. The number of nitrogens with one attached hydrogen (secondary N) is 1. The van der Waals surface area contributed by atoms with Crippen molar-refractivity contribution in [3.05, 3.63) is 42.0 Å². The molecule has 17 heavy (non-hydrogen) atoms. The Morgan fingerprint density at radius 1 is 1.35 bits per heavy atom. The fraction of sp³-hybridized carbons (Fsp3) is 0.308. The van der Waals surface area contributed by atoms with Crippen molar-refractivity contribution in [1.29, 1.82) is 0 Å². The number of rotatable bonds is 3. The second-order valence-corrected chi connectivity index (χ2v) is 4.29. The molecule has 0 saturated heterocycles. The SMILES string of the molecule is CC(Cc1cnc[nH]1)c1ccc2c(c1)OCO2. The van der Waals surface area contributed by atoms with Crippen molar-refractivity contribution in [2.75, 3.05) is 6.79 Å². The van der Waals surface area contributed by atoms with Crippen LogP contribution in [0.25, 0.3) is 0 Å². The highest BCUT2D eigenvalue weighted by Gasteiger charge is 2.16. The summed E-state index contributed by atoms with van der Waals surface area (Å²) in [6.07, 6.45) is 4.52. The second-order valence-electron chi connectivity index (χ2n) is 4.29. The summed E-state index contributed by atoms with van der Waals surface area (Å²) in [6, 6.07) is 6.12. The average molecular weight is 230 g/mol. The zero-order valence-corrected chi connectivity index (χ0v) is 9.64. The van der Waals surface area contributed by atoms with Crippen LogP contribution in [0, 0.1) is 0 Å². The van der Waals surface area contributed by atoms with Crippen molar-refractivity contribution in [2.45, 2.75) is 19.3 Å². The van der Waals surface area contributed by atoms with E-state index >= 15 is 0 Å². The highest BCUT2D eigenvalue weighted by atomic mass is 16.7. The Morgan fingerprint density at radius 2 is 2.24 bits per heavy atom. The van der Waals surface area contributed by atoms with E-state index in [2.05, 4.69) is 29.0 Å². The number of imidazole rings is 1. The number of benzene rings is 1. The predicted molar refractivity (Wildman–Crippen MR) is 63.3 cm³/mol. The first-order valence-electron chi connectivity index (χ1n) is 5.70. The normalized spacial score (nSPS) is 14.9. The summed E-state index contributed by atoms with van der Waals surface area (Å²) in [5.41, 5.74) is 2.40. The maximum Gasteiger partial charge on any atom is 0.231 e. The summed E-state index contributed by atoms with van der Waals surface area (Å²) in [7, 11) is 0. The number of nitrogens with zero attached hydrogens (tertiary/aromatic N) is 1. The molecule has 1 atom stereocenters. The van der Waals surface area contributed by atoms with Gasteiger partial charge in [-0.1, -0.05) is 13.0 Å². The van der Waals surface area contributed by atoms with Gasteiger partial charge in [-0.2, -0.15) is 0 Å². The molecule has 4 nitrogen and oxygen atoms in total. The van der Waals surface area contributed by atoms with Crippen molar-refractivity contribution < 1.29 is 9.47 Å².